The van der Waals surface area contributed by atoms with Gasteiger partial charge in [-0.1, -0.05) is 18.2 Å². The number of H-pyrrole nitrogens is 1. The minimum Gasteiger partial charge on any atom is -0.420 e. The Morgan fingerprint density at radius 2 is 2.05 bits per heavy atom. The molecule has 1 aliphatic rings. The van der Waals surface area contributed by atoms with Crippen molar-refractivity contribution in [1.82, 2.24) is 35.1 Å². The number of rotatable bonds is 6. The molecular weight excluding hydrogens is 482 g/mol. The second kappa shape index (κ2) is 9.24. The summed E-state index contributed by atoms with van der Waals surface area (Å²) in [5.74, 6) is 1.53. The van der Waals surface area contributed by atoms with Gasteiger partial charge in [0, 0.05) is 51.9 Å². The second-order valence-electron chi connectivity index (χ2n) is 9.69. The topological polar surface area (TPSA) is 88.7 Å². The highest BCUT2D eigenvalue weighted by Gasteiger charge is 2.26. The van der Waals surface area contributed by atoms with Crippen molar-refractivity contribution in [2.75, 3.05) is 13.1 Å². The third-order valence-corrected chi connectivity index (χ3v) is 8.29. The molecular formula is C28H27N7OS. The lowest BCUT2D eigenvalue weighted by Gasteiger charge is -2.30. The number of hydrogen-bond donors (Lipinski definition) is 1. The summed E-state index contributed by atoms with van der Waals surface area (Å²) in [6.07, 6.45) is 6.06. The highest BCUT2D eigenvalue weighted by Crippen LogP contribution is 2.33. The molecule has 0 aliphatic carbocycles. The molecule has 186 valence electrons. The number of nitrogens with zero attached hydrogens (tertiary/aromatic N) is 6. The zero-order valence-electron chi connectivity index (χ0n) is 20.6. The van der Waals surface area contributed by atoms with Gasteiger partial charge in [0.05, 0.1) is 17.6 Å². The van der Waals surface area contributed by atoms with E-state index in [1.807, 2.05) is 40.5 Å². The number of thiophene rings is 1. The first kappa shape index (κ1) is 22.4. The van der Waals surface area contributed by atoms with Crippen LogP contribution < -0.4 is 0 Å². The predicted molar refractivity (Wildman–Crippen MR) is 145 cm³/mol. The van der Waals surface area contributed by atoms with Crippen molar-refractivity contribution >= 4 is 32.3 Å². The molecule has 1 N–H and O–H groups in total. The van der Waals surface area contributed by atoms with Gasteiger partial charge in [-0.3, -0.25) is 14.7 Å². The van der Waals surface area contributed by atoms with Gasteiger partial charge in [0.1, 0.15) is 5.69 Å². The molecule has 0 saturated carbocycles. The van der Waals surface area contributed by atoms with E-state index in [4.69, 9.17) is 4.42 Å². The first-order valence-electron chi connectivity index (χ1n) is 12.8. The molecule has 2 aromatic carbocycles. The van der Waals surface area contributed by atoms with E-state index in [-0.39, 0.29) is 5.92 Å². The van der Waals surface area contributed by atoms with E-state index < -0.39 is 0 Å². The lowest BCUT2D eigenvalue weighted by atomic mass is 9.98. The molecule has 6 aromatic rings. The molecule has 0 unspecified atom stereocenters. The maximum absolute atomic E-state index is 6.25. The molecule has 4 aromatic heterocycles. The van der Waals surface area contributed by atoms with Crippen LogP contribution in [0.4, 0.5) is 0 Å². The van der Waals surface area contributed by atoms with Crippen molar-refractivity contribution in [2.45, 2.75) is 38.8 Å². The maximum atomic E-state index is 6.25. The molecule has 7 rings (SSSR count). The molecule has 0 radical (unpaired) electrons. The fourth-order valence-corrected chi connectivity index (χ4v) is 6.38. The monoisotopic (exact) mass is 509 g/mol. The molecule has 8 nitrogen and oxygen atoms in total. The normalized spacial score (nSPS) is 16.7. The van der Waals surface area contributed by atoms with Crippen LogP contribution in [0.2, 0.25) is 0 Å². The van der Waals surface area contributed by atoms with Gasteiger partial charge in [-0.05, 0) is 62.0 Å². The summed E-state index contributed by atoms with van der Waals surface area (Å²) >= 11 is 1.89. The van der Waals surface area contributed by atoms with Crippen molar-refractivity contribution in [3.8, 4) is 22.7 Å². The second-order valence-corrected chi connectivity index (χ2v) is 10.9. The summed E-state index contributed by atoms with van der Waals surface area (Å²) in [5, 5.41) is 23.3. The minimum atomic E-state index is 0.248. The Hall–Kier alpha value is -3.82. The lowest BCUT2D eigenvalue weighted by Crippen LogP contribution is -2.33. The van der Waals surface area contributed by atoms with Crippen LogP contribution in [-0.2, 0) is 13.1 Å². The Morgan fingerprint density at radius 3 is 2.95 bits per heavy atom. The summed E-state index contributed by atoms with van der Waals surface area (Å²) in [7, 11) is 0. The van der Waals surface area contributed by atoms with Crippen LogP contribution in [0.1, 0.15) is 36.5 Å². The standard InChI is InChI=1S/C28H27N7OS/c1-2-35-16-21(14-29-35)26-23-13-19(9-10-24(23)30-31-26)27-32-33-28(36-27)20-7-5-11-34(15-20)17-22-12-18-6-3-4-8-25(18)37-22/h3-4,6,8-10,12-14,16,20H,2,5,7,11,15,17H2,1H3,(H,30,31)/t20-/m1/s1. The van der Waals surface area contributed by atoms with Crippen LogP contribution in [-0.4, -0.2) is 48.2 Å². The summed E-state index contributed by atoms with van der Waals surface area (Å²) in [6, 6.07) is 17.0. The van der Waals surface area contributed by atoms with Crippen molar-refractivity contribution in [2.24, 2.45) is 0 Å². The van der Waals surface area contributed by atoms with E-state index in [9.17, 15) is 0 Å². The third-order valence-electron chi connectivity index (χ3n) is 7.19. The fourth-order valence-electron chi connectivity index (χ4n) is 5.28. The molecule has 0 spiro atoms. The Labute approximate surface area is 217 Å². The molecule has 1 saturated heterocycles. The smallest absolute Gasteiger partial charge is 0.247 e. The minimum absolute atomic E-state index is 0.248. The molecule has 0 amide bonds. The van der Waals surface area contributed by atoms with E-state index in [2.05, 4.69) is 73.7 Å². The summed E-state index contributed by atoms with van der Waals surface area (Å²) in [5.41, 5.74) is 3.72. The Balaban J connectivity index is 1.11. The number of fused-ring (bicyclic) bond motifs is 2. The number of benzene rings is 2. The van der Waals surface area contributed by atoms with Gasteiger partial charge in [0.2, 0.25) is 11.8 Å². The van der Waals surface area contributed by atoms with Crippen LogP contribution in [0, 0.1) is 0 Å². The molecule has 0 bridgehead atoms. The maximum Gasteiger partial charge on any atom is 0.247 e. The third kappa shape index (κ3) is 4.24. The van der Waals surface area contributed by atoms with Gasteiger partial charge in [-0.15, -0.1) is 21.5 Å². The zero-order chi connectivity index (χ0) is 24.8. The molecule has 5 heterocycles. The first-order chi connectivity index (χ1) is 18.2. The van der Waals surface area contributed by atoms with E-state index in [1.165, 1.54) is 15.0 Å². The highest BCUT2D eigenvalue weighted by atomic mass is 32.1. The summed E-state index contributed by atoms with van der Waals surface area (Å²) < 4.78 is 9.51. The molecule has 1 atom stereocenters. The number of piperidine rings is 1. The first-order valence-corrected chi connectivity index (χ1v) is 13.6. The number of aryl methyl sites for hydroxylation is 1. The highest BCUT2D eigenvalue weighted by molar-refractivity contribution is 7.19. The zero-order valence-corrected chi connectivity index (χ0v) is 21.4. The molecule has 9 heteroatoms. The van der Waals surface area contributed by atoms with Gasteiger partial charge in [-0.2, -0.15) is 10.2 Å². The van der Waals surface area contributed by atoms with Gasteiger partial charge < -0.3 is 4.42 Å². The Kier molecular flexibility index (Phi) is 5.59. The van der Waals surface area contributed by atoms with Crippen LogP contribution in [0.15, 0.2) is 65.3 Å². The van der Waals surface area contributed by atoms with E-state index >= 15 is 0 Å². The molecule has 37 heavy (non-hydrogen) atoms. The van der Waals surface area contributed by atoms with Gasteiger partial charge in [0.15, 0.2) is 0 Å². The number of nitrogens with one attached hydrogen (secondary N) is 1. The Morgan fingerprint density at radius 1 is 1.11 bits per heavy atom. The number of likely N-dealkylation sites (tertiary alicyclic amines) is 1. The van der Waals surface area contributed by atoms with Crippen LogP contribution in [0.5, 0.6) is 0 Å². The van der Waals surface area contributed by atoms with Gasteiger partial charge >= 0.3 is 0 Å². The van der Waals surface area contributed by atoms with Crippen molar-refractivity contribution < 1.29 is 4.42 Å². The van der Waals surface area contributed by atoms with Crippen LogP contribution in [0.3, 0.4) is 0 Å². The SMILES string of the molecule is CCn1cc(-c2n[nH]c3ccc(-c4nnc([C@@H]5CCCN(Cc6cc7ccccc7s6)C5)o4)cc23)cn1. The number of aromatic amines is 1. The van der Waals surface area contributed by atoms with E-state index in [0.29, 0.717) is 5.89 Å². The molecule has 1 fully saturated rings. The fraction of sp³-hybridized carbons (Fsp3) is 0.286. The Bertz CT molecular complexity index is 1660. The number of aromatic nitrogens is 6. The van der Waals surface area contributed by atoms with Crippen molar-refractivity contribution in [3.05, 3.63) is 71.7 Å². The quantitative estimate of drug-likeness (QED) is 0.292. The van der Waals surface area contributed by atoms with Crippen molar-refractivity contribution in [1.29, 1.82) is 0 Å². The van der Waals surface area contributed by atoms with E-state index in [0.717, 1.165) is 72.6 Å². The molecule has 1 aliphatic heterocycles. The summed E-state index contributed by atoms with van der Waals surface area (Å²) in [4.78, 5) is 3.92. The predicted octanol–water partition coefficient (Wildman–Crippen LogP) is 6.09. The summed E-state index contributed by atoms with van der Waals surface area (Å²) in [6.45, 7) is 5.88. The van der Waals surface area contributed by atoms with Gasteiger partial charge in [0.25, 0.3) is 0 Å². The average molecular weight is 510 g/mol. The van der Waals surface area contributed by atoms with Crippen LogP contribution >= 0.6 is 11.3 Å². The largest absolute Gasteiger partial charge is 0.420 e. The number of hydrogen-bond acceptors (Lipinski definition) is 7. The lowest BCUT2D eigenvalue weighted by molar-refractivity contribution is 0.188. The average Bonchev–Trinajstić information content (AvgIpc) is 3.73. The van der Waals surface area contributed by atoms with Gasteiger partial charge in [-0.25, -0.2) is 0 Å². The van der Waals surface area contributed by atoms with Crippen molar-refractivity contribution in [3.63, 3.8) is 0 Å². The van der Waals surface area contributed by atoms with Crippen LogP contribution in [0.25, 0.3) is 43.7 Å². The van der Waals surface area contributed by atoms with E-state index in [1.54, 1.807) is 0 Å².